The monoisotopic (exact) mass is 280 g/mol. The minimum atomic E-state index is -1.34. The molecule has 0 saturated carbocycles. The van der Waals surface area contributed by atoms with E-state index in [1.54, 1.807) is 0 Å². The Morgan fingerprint density at radius 1 is 0.900 bits per heavy atom. The van der Waals surface area contributed by atoms with E-state index >= 15 is 0 Å². The zero-order valence-electron chi connectivity index (χ0n) is 12.4. The van der Waals surface area contributed by atoms with E-state index in [2.05, 4.69) is 65.6 Å². The minimum absolute atomic E-state index is 0.774. The van der Waals surface area contributed by atoms with E-state index in [4.69, 9.17) is 0 Å². The number of aromatic nitrogens is 2. The molecule has 2 rings (SSSR count). The van der Waals surface area contributed by atoms with Crippen molar-refractivity contribution in [3.63, 3.8) is 0 Å². The molecule has 1 aromatic heterocycles. The molecular formula is C17H20N2Si. The summed E-state index contributed by atoms with van der Waals surface area (Å²) in [6, 6.07) is 14.5. The minimum Gasteiger partial charge on any atom is -0.154 e. The summed E-state index contributed by atoms with van der Waals surface area (Å²) in [7, 11) is -1.34. The summed E-state index contributed by atoms with van der Waals surface area (Å²) < 4.78 is 0. The fraction of sp³-hybridized carbons (Fsp3) is 0.294. The van der Waals surface area contributed by atoms with Gasteiger partial charge in [0, 0.05) is 0 Å². The normalized spacial score (nSPS) is 10.8. The predicted molar refractivity (Wildman–Crippen MR) is 86.1 cm³/mol. The van der Waals surface area contributed by atoms with Crippen LogP contribution in [-0.2, 0) is 12.8 Å². The van der Waals surface area contributed by atoms with E-state index in [0.717, 1.165) is 24.2 Å². The van der Waals surface area contributed by atoms with Gasteiger partial charge in [-0.1, -0.05) is 55.9 Å². The first-order chi connectivity index (χ1) is 9.53. The van der Waals surface area contributed by atoms with E-state index in [0.29, 0.717) is 0 Å². The highest BCUT2D eigenvalue weighted by molar-refractivity contribution is 6.83. The van der Waals surface area contributed by atoms with Crippen LogP contribution < -0.4 is 0 Å². The van der Waals surface area contributed by atoms with Crippen LogP contribution >= 0.6 is 0 Å². The smallest absolute Gasteiger partial charge is 0.135 e. The Morgan fingerprint density at radius 3 is 2.25 bits per heavy atom. The number of nitrogens with zero attached hydrogens (tertiary/aromatic N) is 2. The molecule has 20 heavy (non-hydrogen) atoms. The average molecular weight is 280 g/mol. The molecular weight excluding hydrogens is 260 g/mol. The van der Waals surface area contributed by atoms with Gasteiger partial charge in [-0.25, -0.2) is 0 Å². The van der Waals surface area contributed by atoms with Crippen LogP contribution in [0.15, 0.2) is 42.5 Å². The summed E-state index contributed by atoms with van der Waals surface area (Å²) >= 11 is 0. The molecule has 0 unspecified atom stereocenters. The van der Waals surface area contributed by atoms with Crippen LogP contribution in [0, 0.1) is 11.5 Å². The predicted octanol–water partition coefficient (Wildman–Crippen LogP) is 3.49. The maximum atomic E-state index is 4.26. The molecule has 0 bridgehead atoms. The summed E-state index contributed by atoms with van der Waals surface area (Å²) in [6.07, 6.45) is 1.91. The molecule has 2 aromatic rings. The van der Waals surface area contributed by atoms with Crippen molar-refractivity contribution in [1.29, 1.82) is 0 Å². The van der Waals surface area contributed by atoms with Gasteiger partial charge in [-0.2, -0.15) is 5.10 Å². The van der Waals surface area contributed by atoms with Crippen molar-refractivity contribution >= 4 is 8.07 Å². The molecule has 0 atom stereocenters. The van der Waals surface area contributed by atoms with Crippen molar-refractivity contribution in [2.45, 2.75) is 32.5 Å². The standard InChI is InChI=1S/C17H20N2Si/c1-20(2,3)14-13-17-12-11-16(18-19-17)10-9-15-7-5-4-6-8-15/h4-8,11-12H,9-10H2,1-3H3. The average Bonchev–Trinajstić information content (AvgIpc) is 2.44. The van der Waals surface area contributed by atoms with Crippen molar-refractivity contribution in [3.8, 4) is 11.5 Å². The third-order valence-corrected chi connectivity index (χ3v) is 3.67. The third kappa shape index (κ3) is 4.98. The SMILES string of the molecule is C[Si](C)(C)C#Cc1ccc(CCc2ccccc2)nn1. The molecule has 0 saturated heterocycles. The molecule has 0 aliphatic rings. The molecule has 1 heterocycles. The second-order valence-electron chi connectivity index (χ2n) is 5.90. The second-order valence-corrected chi connectivity index (χ2v) is 10.6. The van der Waals surface area contributed by atoms with E-state index in [-0.39, 0.29) is 0 Å². The lowest BCUT2D eigenvalue weighted by Gasteiger charge is -2.03. The van der Waals surface area contributed by atoms with Gasteiger partial charge in [0.1, 0.15) is 13.8 Å². The highest BCUT2D eigenvalue weighted by Crippen LogP contribution is 2.05. The van der Waals surface area contributed by atoms with Crippen LogP contribution in [0.1, 0.15) is 17.0 Å². The first kappa shape index (κ1) is 14.5. The summed E-state index contributed by atoms with van der Waals surface area (Å²) in [5.41, 5.74) is 6.43. The first-order valence-corrected chi connectivity index (χ1v) is 10.4. The second kappa shape index (κ2) is 6.49. The summed E-state index contributed by atoms with van der Waals surface area (Å²) in [4.78, 5) is 0. The zero-order chi connectivity index (χ0) is 14.4. The van der Waals surface area contributed by atoms with Gasteiger partial charge in [0.15, 0.2) is 0 Å². The molecule has 102 valence electrons. The number of aryl methyl sites for hydroxylation is 2. The number of rotatable bonds is 3. The zero-order valence-corrected chi connectivity index (χ0v) is 13.4. The van der Waals surface area contributed by atoms with Gasteiger partial charge >= 0.3 is 0 Å². The maximum absolute atomic E-state index is 4.26. The summed E-state index contributed by atoms with van der Waals surface area (Å²) in [5, 5.41) is 8.45. The van der Waals surface area contributed by atoms with Crippen molar-refractivity contribution in [2.75, 3.05) is 0 Å². The maximum Gasteiger partial charge on any atom is 0.135 e. The van der Waals surface area contributed by atoms with Gasteiger partial charge in [0.25, 0.3) is 0 Å². The van der Waals surface area contributed by atoms with Crippen molar-refractivity contribution in [3.05, 3.63) is 59.4 Å². The van der Waals surface area contributed by atoms with E-state index in [1.807, 2.05) is 18.2 Å². The van der Waals surface area contributed by atoms with Crippen LogP contribution in [0.3, 0.4) is 0 Å². The lowest BCUT2D eigenvalue weighted by Crippen LogP contribution is -2.16. The Bertz CT molecular complexity index is 601. The summed E-state index contributed by atoms with van der Waals surface area (Å²) in [6.45, 7) is 6.67. The Labute approximate surface area is 122 Å². The van der Waals surface area contributed by atoms with Crippen molar-refractivity contribution in [2.24, 2.45) is 0 Å². The van der Waals surface area contributed by atoms with Crippen LogP contribution in [-0.4, -0.2) is 18.3 Å². The van der Waals surface area contributed by atoms with Gasteiger partial charge in [0.2, 0.25) is 0 Å². The lowest BCUT2D eigenvalue weighted by atomic mass is 10.1. The fourth-order valence-corrected chi connectivity index (χ4v) is 2.23. The first-order valence-electron chi connectivity index (χ1n) is 6.93. The Morgan fingerprint density at radius 2 is 1.65 bits per heavy atom. The van der Waals surface area contributed by atoms with Gasteiger partial charge < -0.3 is 0 Å². The van der Waals surface area contributed by atoms with Crippen molar-refractivity contribution < 1.29 is 0 Å². The van der Waals surface area contributed by atoms with Crippen molar-refractivity contribution in [1.82, 2.24) is 10.2 Å². The number of hydrogen-bond donors (Lipinski definition) is 0. The van der Waals surface area contributed by atoms with E-state index in [9.17, 15) is 0 Å². The molecule has 0 spiro atoms. The molecule has 2 nitrogen and oxygen atoms in total. The molecule has 0 amide bonds. The quantitative estimate of drug-likeness (QED) is 0.635. The largest absolute Gasteiger partial charge is 0.154 e. The van der Waals surface area contributed by atoms with Gasteiger partial charge in [-0.05, 0) is 30.5 Å². The van der Waals surface area contributed by atoms with E-state index < -0.39 is 8.07 Å². The Hall–Kier alpha value is -1.92. The topological polar surface area (TPSA) is 25.8 Å². The molecule has 0 aliphatic carbocycles. The van der Waals surface area contributed by atoms with Crippen LogP contribution in [0.5, 0.6) is 0 Å². The molecule has 3 heteroatoms. The van der Waals surface area contributed by atoms with Crippen LogP contribution in [0.4, 0.5) is 0 Å². The van der Waals surface area contributed by atoms with Gasteiger partial charge in [-0.3, -0.25) is 0 Å². The number of hydrogen-bond acceptors (Lipinski definition) is 2. The third-order valence-electron chi connectivity index (χ3n) is 2.80. The number of benzene rings is 1. The lowest BCUT2D eigenvalue weighted by molar-refractivity contribution is 0.854. The highest BCUT2D eigenvalue weighted by atomic mass is 28.3. The van der Waals surface area contributed by atoms with E-state index in [1.165, 1.54) is 5.56 Å². The van der Waals surface area contributed by atoms with Gasteiger partial charge in [-0.15, -0.1) is 10.6 Å². The summed E-state index contributed by atoms with van der Waals surface area (Å²) in [5.74, 6) is 3.12. The highest BCUT2D eigenvalue weighted by Gasteiger charge is 2.07. The Balaban J connectivity index is 1.96. The molecule has 0 N–H and O–H groups in total. The molecule has 0 radical (unpaired) electrons. The van der Waals surface area contributed by atoms with Gasteiger partial charge in [0.05, 0.1) is 5.69 Å². The fourth-order valence-electron chi connectivity index (χ4n) is 1.73. The molecule has 0 fully saturated rings. The molecule has 1 aromatic carbocycles. The van der Waals surface area contributed by atoms with Crippen LogP contribution in [0.25, 0.3) is 0 Å². The molecule has 0 aliphatic heterocycles. The Kier molecular flexibility index (Phi) is 4.70. The van der Waals surface area contributed by atoms with Crippen LogP contribution in [0.2, 0.25) is 19.6 Å².